The van der Waals surface area contributed by atoms with Crippen molar-refractivity contribution in [2.45, 2.75) is 13.0 Å². The third-order valence-electron chi connectivity index (χ3n) is 4.29. The van der Waals surface area contributed by atoms with Crippen LogP contribution in [0.25, 0.3) is 0 Å². The zero-order valence-corrected chi connectivity index (χ0v) is 15.0. The van der Waals surface area contributed by atoms with Crippen LogP contribution in [0.3, 0.4) is 0 Å². The van der Waals surface area contributed by atoms with E-state index in [0.717, 1.165) is 24.4 Å². The molecule has 0 atom stereocenters. The first kappa shape index (κ1) is 18.0. The van der Waals surface area contributed by atoms with Crippen LogP contribution in [0.1, 0.15) is 11.3 Å². The standard InChI is InChI=1S/C22H24N2O2/c1-23(15-14-19-9-4-2-5-10-19)18-22(25)24(17-21-13-8-16-26-21)20-11-6-3-7-12-20/h2-13,16H,14-15,17-18H2,1H3. The summed E-state index contributed by atoms with van der Waals surface area (Å²) < 4.78 is 5.44. The predicted octanol–water partition coefficient (Wildman–Crippen LogP) is 3.99. The van der Waals surface area contributed by atoms with Crippen LogP contribution < -0.4 is 4.90 Å². The Kier molecular flexibility index (Phi) is 6.23. The Hall–Kier alpha value is -2.85. The molecule has 0 saturated carbocycles. The summed E-state index contributed by atoms with van der Waals surface area (Å²) in [7, 11) is 1.98. The van der Waals surface area contributed by atoms with Crippen LogP contribution in [0.15, 0.2) is 83.5 Å². The molecule has 1 aromatic heterocycles. The van der Waals surface area contributed by atoms with Gasteiger partial charge in [-0.3, -0.25) is 9.69 Å². The van der Waals surface area contributed by atoms with Crippen molar-refractivity contribution in [3.63, 3.8) is 0 Å². The number of furan rings is 1. The monoisotopic (exact) mass is 348 g/mol. The molecule has 134 valence electrons. The van der Waals surface area contributed by atoms with Crippen LogP contribution in [0, 0.1) is 0 Å². The molecular weight excluding hydrogens is 324 g/mol. The molecule has 3 aromatic rings. The molecule has 0 N–H and O–H groups in total. The maximum Gasteiger partial charge on any atom is 0.241 e. The first-order valence-electron chi connectivity index (χ1n) is 8.82. The third-order valence-corrected chi connectivity index (χ3v) is 4.29. The molecule has 1 heterocycles. The Labute approximate surface area is 154 Å². The highest BCUT2D eigenvalue weighted by atomic mass is 16.3. The van der Waals surface area contributed by atoms with Crippen LogP contribution in [-0.4, -0.2) is 30.9 Å². The maximum absolute atomic E-state index is 12.9. The second-order valence-corrected chi connectivity index (χ2v) is 6.37. The molecule has 26 heavy (non-hydrogen) atoms. The Balaban J connectivity index is 1.63. The van der Waals surface area contributed by atoms with Gasteiger partial charge in [-0.15, -0.1) is 0 Å². The maximum atomic E-state index is 12.9. The van der Waals surface area contributed by atoms with E-state index >= 15 is 0 Å². The van der Waals surface area contributed by atoms with Gasteiger partial charge in [0.1, 0.15) is 5.76 Å². The van der Waals surface area contributed by atoms with E-state index in [1.807, 2.05) is 67.7 Å². The van der Waals surface area contributed by atoms with Crippen molar-refractivity contribution >= 4 is 11.6 Å². The quantitative estimate of drug-likeness (QED) is 0.618. The second-order valence-electron chi connectivity index (χ2n) is 6.37. The predicted molar refractivity (Wildman–Crippen MR) is 104 cm³/mol. The van der Waals surface area contributed by atoms with E-state index in [1.54, 1.807) is 11.2 Å². The zero-order chi connectivity index (χ0) is 18.2. The molecule has 0 saturated heterocycles. The fourth-order valence-corrected chi connectivity index (χ4v) is 2.85. The molecule has 0 spiro atoms. The van der Waals surface area contributed by atoms with Gasteiger partial charge >= 0.3 is 0 Å². The largest absolute Gasteiger partial charge is 0.467 e. The van der Waals surface area contributed by atoms with E-state index in [9.17, 15) is 4.79 Å². The van der Waals surface area contributed by atoms with Gasteiger partial charge < -0.3 is 9.32 Å². The summed E-state index contributed by atoms with van der Waals surface area (Å²) in [5.41, 5.74) is 2.16. The molecule has 0 aliphatic heterocycles. The number of hydrogen-bond donors (Lipinski definition) is 0. The summed E-state index contributed by atoms with van der Waals surface area (Å²) in [4.78, 5) is 16.8. The van der Waals surface area contributed by atoms with E-state index in [0.29, 0.717) is 13.1 Å². The van der Waals surface area contributed by atoms with Gasteiger partial charge in [0.05, 0.1) is 19.4 Å². The molecular formula is C22H24N2O2. The SMILES string of the molecule is CN(CCc1ccccc1)CC(=O)N(Cc1ccco1)c1ccccc1. The minimum Gasteiger partial charge on any atom is -0.467 e. The number of likely N-dealkylation sites (N-methyl/N-ethyl adjacent to an activating group) is 1. The molecule has 4 heteroatoms. The smallest absolute Gasteiger partial charge is 0.241 e. The average Bonchev–Trinajstić information content (AvgIpc) is 3.19. The fraction of sp³-hybridized carbons (Fsp3) is 0.227. The van der Waals surface area contributed by atoms with E-state index in [2.05, 4.69) is 17.0 Å². The van der Waals surface area contributed by atoms with Crippen LogP contribution in [0.4, 0.5) is 5.69 Å². The summed E-state index contributed by atoms with van der Waals surface area (Å²) in [6, 6.07) is 23.8. The average molecular weight is 348 g/mol. The number of carbonyl (C=O) groups is 1. The van der Waals surface area contributed by atoms with Gasteiger partial charge in [-0.1, -0.05) is 48.5 Å². The molecule has 3 rings (SSSR count). The molecule has 4 nitrogen and oxygen atoms in total. The lowest BCUT2D eigenvalue weighted by Gasteiger charge is -2.25. The van der Waals surface area contributed by atoms with Gasteiger partial charge in [0.15, 0.2) is 0 Å². The van der Waals surface area contributed by atoms with Crippen LogP contribution >= 0.6 is 0 Å². The number of anilines is 1. The highest BCUT2D eigenvalue weighted by molar-refractivity contribution is 5.94. The van der Waals surface area contributed by atoms with Crippen LogP contribution in [-0.2, 0) is 17.8 Å². The van der Waals surface area contributed by atoms with Crippen molar-refractivity contribution < 1.29 is 9.21 Å². The number of benzene rings is 2. The lowest BCUT2D eigenvalue weighted by molar-refractivity contribution is -0.119. The van der Waals surface area contributed by atoms with Gasteiger partial charge in [-0.25, -0.2) is 0 Å². The number of carbonyl (C=O) groups excluding carboxylic acids is 1. The molecule has 0 bridgehead atoms. The van der Waals surface area contributed by atoms with Gasteiger partial charge in [-0.05, 0) is 43.3 Å². The van der Waals surface area contributed by atoms with Crippen LogP contribution in [0.2, 0.25) is 0 Å². The van der Waals surface area contributed by atoms with Gasteiger partial charge in [-0.2, -0.15) is 0 Å². The Morgan fingerprint density at radius 2 is 1.62 bits per heavy atom. The lowest BCUT2D eigenvalue weighted by Crippen LogP contribution is -2.39. The lowest BCUT2D eigenvalue weighted by atomic mass is 10.1. The number of amides is 1. The Bertz CT molecular complexity index is 786. The Morgan fingerprint density at radius 3 is 2.27 bits per heavy atom. The summed E-state index contributed by atoms with van der Waals surface area (Å²) in [5.74, 6) is 0.831. The van der Waals surface area contributed by atoms with Crippen molar-refractivity contribution in [3.05, 3.63) is 90.4 Å². The number of hydrogen-bond acceptors (Lipinski definition) is 3. The van der Waals surface area contributed by atoms with E-state index in [4.69, 9.17) is 4.42 Å². The van der Waals surface area contributed by atoms with Gasteiger partial charge in [0.25, 0.3) is 0 Å². The highest BCUT2D eigenvalue weighted by Gasteiger charge is 2.18. The molecule has 0 radical (unpaired) electrons. The first-order valence-corrected chi connectivity index (χ1v) is 8.82. The number of para-hydroxylation sites is 1. The number of nitrogens with zero attached hydrogens (tertiary/aromatic N) is 2. The zero-order valence-electron chi connectivity index (χ0n) is 15.0. The van der Waals surface area contributed by atoms with E-state index < -0.39 is 0 Å². The summed E-state index contributed by atoms with van der Waals surface area (Å²) in [6.45, 7) is 1.63. The normalized spacial score (nSPS) is 10.8. The molecule has 0 aliphatic rings. The minimum atomic E-state index is 0.0585. The third kappa shape index (κ3) is 5.07. The van der Waals surface area contributed by atoms with Crippen molar-refractivity contribution in [1.82, 2.24) is 4.90 Å². The molecule has 0 aliphatic carbocycles. The summed E-state index contributed by atoms with van der Waals surface area (Å²) in [6.07, 6.45) is 2.56. The van der Waals surface area contributed by atoms with Gasteiger partial charge in [0.2, 0.25) is 5.91 Å². The fourth-order valence-electron chi connectivity index (χ4n) is 2.85. The number of rotatable bonds is 8. The second kappa shape index (κ2) is 9.02. The molecule has 2 aromatic carbocycles. The summed E-state index contributed by atoms with van der Waals surface area (Å²) >= 11 is 0. The van der Waals surface area contributed by atoms with E-state index in [-0.39, 0.29) is 5.91 Å². The van der Waals surface area contributed by atoms with Crippen molar-refractivity contribution in [2.24, 2.45) is 0 Å². The molecule has 1 amide bonds. The van der Waals surface area contributed by atoms with Crippen molar-refractivity contribution in [1.29, 1.82) is 0 Å². The van der Waals surface area contributed by atoms with Crippen molar-refractivity contribution in [3.8, 4) is 0 Å². The summed E-state index contributed by atoms with van der Waals surface area (Å²) in [5, 5.41) is 0. The topological polar surface area (TPSA) is 36.7 Å². The molecule has 0 fully saturated rings. The molecule has 0 unspecified atom stereocenters. The highest BCUT2D eigenvalue weighted by Crippen LogP contribution is 2.17. The van der Waals surface area contributed by atoms with Crippen molar-refractivity contribution in [2.75, 3.05) is 25.0 Å². The Morgan fingerprint density at radius 1 is 0.923 bits per heavy atom. The van der Waals surface area contributed by atoms with Crippen LogP contribution in [0.5, 0.6) is 0 Å². The van der Waals surface area contributed by atoms with Gasteiger partial charge in [0, 0.05) is 12.2 Å². The minimum absolute atomic E-state index is 0.0585. The van der Waals surface area contributed by atoms with E-state index in [1.165, 1.54) is 5.56 Å². The first-order chi connectivity index (χ1) is 12.7.